The van der Waals surface area contributed by atoms with Crippen LogP contribution in [-0.4, -0.2) is 71.7 Å². The summed E-state index contributed by atoms with van der Waals surface area (Å²) < 4.78 is 12.0. The first-order chi connectivity index (χ1) is 12.9. The lowest BCUT2D eigenvalue weighted by molar-refractivity contribution is 0.0512. The van der Waals surface area contributed by atoms with E-state index in [4.69, 9.17) is 9.47 Å². The molecule has 8 nitrogen and oxygen atoms in total. The van der Waals surface area contributed by atoms with Crippen LogP contribution in [0.15, 0.2) is 0 Å². The van der Waals surface area contributed by atoms with Crippen molar-refractivity contribution in [3.05, 3.63) is 22.5 Å². The first-order valence-corrected chi connectivity index (χ1v) is 9.44. The molecule has 1 aromatic rings. The van der Waals surface area contributed by atoms with Gasteiger partial charge in [0.2, 0.25) is 0 Å². The number of ether oxygens (including phenoxy) is 2. The van der Waals surface area contributed by atoms with Crippen LogP contribution in [0.4, 0.5) is 4.79 Å². The quantitative estimate of drug-likeness (QED) is 0.733. The van der Waals surface area contributed by atoms with Crippen molar-refractivity contribution in [3.8, 4) is 0 Å². The van der Waals surface area contributed by atoms with Gasteiger partial charge in [-0.05, 0) is 40.2 Å². The molecule has 8 heteroatoms. The number of rotatable bonds is 5. The maximum atomic E-state index is 13.1. The summed E-state index contributed by atoms with van der Waals surface area (Å²) in [6, 6.07) is 0. The molecule has 0 aromatic carbocycles. The zero-order valence-corrected chi connectivity index (χ0v) is 16.8. The van der Waals surface area contributed by atoms with Crippen molar-refractivity contribution in [3.63, 3.8) is 0 Å². The lowest BCUT2D eigenvalue weighted by Crippen LogP contribution is -2.50. The molecule has 27 heavy (non-hydrogen) atoms. The molecule has 1 saturated heterocycles. The Hall–Kier alpha value is -2.51. The van der Waals surface area contributed by atoms with Crippen LogP contribution in [0, 0.1) is 13.8 Å². The molecule has 1 aliphatic heterocycles. The number of esters is 1. The van der Waals surface area contributed by atoms with E-state index in [2.05, 4.69) is 0 Å². The van der Waals surface area contributed by atoms with Gasteiger partial charge in [-0.15, -0.1) is 0 Å². The molecule has 0 unspecified atom stereocenters. The summed E-state index contributed by atoms with van der Waals surface area (Å²) in [5, 5.41) is 0. The fourth-order valence-electron chi connectivity index (χ4n) is 3.53. The Morgan fingerprint density at radius 3 is 1.96 bits per heavy atom. The van der Waals surface area contributed by atoms with Crippen LogP contribution in [0.2, 0.25) is 0 Å². The minimum absolute atomic E-state index is 0.119. The Labute approximate surface area is 160 Å². The van der Waals surface area contributed by atoms with Gasteiger partial charge >= 0.3 is 12.1 Å². The monoisotopic (exact) mass is 379 g/mol. The van der Waals surface area contributed by atoms with Gasteiger partial charge in [0.25, 0.3) is 5.91 Å². The predicted molar refractivity (Wildman–Crippen MR) is 100 cm³/mol. The van der Waals surface area contributed by atoms with Crippen LogP contribution in [0.25, 0.3) is 0 Å². The number of hydrogen-bond acceptors (Lipinski definition) is 5. The van der Waals surface area contributed by atoms with E-state index >= 15 is 0 Å². The molecule has 2 amide bonds. The van der Waals surface area contributed by atoms with Gasteiger partial charge in [-0.1, -0.05) is 0 Å². The Balaban J connectivity index is 2.22. The molecule has 1 aromatic heterocycles. The smallest absolute Gasteiger partial charge is 0.409 e. The molecule has 150 valence electrons. The highest BCUT2D eigenvalue weighted by molar-refractivity contribution is 6.01. The zero-order valence-electron chi connectivity index (χ0n) is 16.8. The van der Waals surface area contributed by atoms with Crippen LogP contribution in [0.1, 0.15) is 52.9 Å². The topological polar surface area (TPSA) is 81.1 Å². The van der Waals surface area contributed by atoms with Crippen LogP contribution >= 0.6 is 0 Å². The van der Waals surface area contributed by atoms with Gasteiger partial charge < -0.3 is 23.8 Å². The lowest BCUT2D eigenvalue weighted by atomic mass is 10.1. The first-order valence-electron chi connectivity index (χ1n) is 9.44. The molecule has 1 fully saturated rings. The first kappa shape index (κ1) is 20.8. The number of carbonyl (C=O) groups excluding carboxylic acids is 3. The minimum atomic E-state index is -0.411. The Bertz CT molecular complexity index is 717. The Morgan fingerprint density at radius 2 is 1.44 bits per heavy atom. The largest absolute Gasteiger partial charge is 0.461 e. The van der Waals surface area contributed by atoms with E-state index in [1.54, 1.807) is 30.6 Å². The van der Waals surface area contributed by atoms with Gasteiger partial charge in [0.1, 0.15) is 5.69 Å². The Morgan fingerprint density at radius 1 is 0.889 bits per heavy atom. The molecular weight excluding hydrogens is 350 g/mol. The third-order valence-corrected chi connectivity index (χ3v) is 4.86. The normalized spacial score (nSPS) is 14.3. The lowest BCUT2D eigenvalue weighted by Gasteiger charge is -2.34. The van der Waals surface area contributed by atoms with Crippen molar-refractivity contribution in [1.29, 1.82) is 0 Å². The summed E-state index contributed by atoms with van der Waals surface area (Å²) in [6.45, 7) is 12.0. The second-order valence-corrected chi connectivity index (χ2v) is 6.38. The van der Waals surface area contributed by atoms with Crippen molar-refractivity contribution >= 4 is 18.0 Å². The number of amides is 2. The van der Waals surface area contributed by atoms with Gasteiger partial charge in [-0.25, -0.2) is 9.59 Å². The molecule has 0 spiro atoms. The van der Waals surface area contributed by atoms with Crippen LogP contribution in [0.5, 0.6) is 0 Å². The minimum Gasteiger partial charge on any atom is -0.461 e. The summed E-state index contributed by atoms with van der Waals surface area (Å²) in [7, 11) is 0. The van der Waals surface area contributed by atoms with Crippen molar-refractivity contribution < 1.29 is 23.9 Å². The van der Waals surface area contributed by atoms with Gasteiger partial charge in [0.05, 0.1) is 18.8 Å². The number of piperazine rings is 1. The third-order valence-electron chi connectivity index (χ3n) is 4.86. The van der Waals surface area contributed by atoms with Gasteiger partial charge in [0, 0.05) is 38.4 Å². The molecule has 0 atom stereocenters. The molecular formula is C19H29N3O5. The van der Waals surface area contributed by atoms with Crippen molar-refractivity contribution in [2.75, 3.05) is 39.4 Å². The summed E-state index contributed by atoms with van der Waals surface area (Å²) in [6.07, 6.45) is -0.348. The SMILES string of the molecule is CCOC(=O)c1c(C)c(C(=O)N2CCN(C(=O)OCC)CC2)c(C)n1CC. The number of aromatic nitrogens is 1. The zero-order chi connectivity index (χ0) is 20.1. The highest BCUT2D eigenvalue weighted by Gasteiger charge is 2.31. The standard InChI is InChI=1S/C19H29N3O5/c1-6-22-14(5)15(13(4)16(22)18(24)26-7-2)17(23)20-9-11-21(12-10-20)19(25)27-8-3/h6-12H2,1-5H3. The predicted octanol–water partition coefficient (Wildman–Crippen LogP) is 2.22. The summed E-state index contributed by atoms with van der Waals surface area (Å²) in [5.74, 6) is -0.530. The van der Waals surface area contributed by atoms with E-state index in [0.717, 1.165) is 5.69 Å². The van der Waals surface area contributed by atoms with E-state index in [-0.39, 0.29) is 18.6 Å². The average molecular weight is 379 g/mol. The highest BCUT2D eigenvalue weighted by atomic mass is 16.6. The molecule has 2 rings (SSSR count). The van der Waals surface area contributed by atoms with E-state index in [9.17, 15) is 14.4 Å². The Kier molecular flexibility index (Phi) is 6.87. The maximum Gasteiger partial charge on any atom is 0.409 e. The van der Waals surface area contributed by atoms with Crippen molar-refractivity contribution in [1.82, 2.24) is 14.4 Å². The molecule has 2 heterocycles. The second-order valence-electron chi connectivity index (χ2n) is 6.38. The molecule has 0 saturated carbocycles. The van der Waals surface area contributed by atoms with E-state index in [1.165, 1.54) is 0 Å². The molecule has 0 aliphatic carbocycles. The summed E-state index contributed by atoms with van der Waals surface area (Å²) in [5.41, 5.74) is 2.39. The third kappa shape index (κ3) is 4.09. The maximum absolute atomic E-state index is 13.1. The van der Waals surface area contributed by atoms with Crippen LogP contribution in [-0.2, 0) is 16.0 Å². The van der Waals surface area contributed by atoms with Gasteiger partial charge in [-0.2, -0.15) is 0 Å². The average Bonchev–Trinajstić information content (AvgIpc) is 2.91. The molecule has 0 N–H and O–H groups in total. The van der Waals surface area contributed by atoms with Crippen molar-refractivity contribution in [2.45, 2.75) is 41.2 Å². The summed E-state index contributed by atoms with van der Waals surface area (Å²) >= 11 is 0. The van der Waals surface area contributed by atoms with Crippen LogP contribution in [0.3, 0.4) is 0 Å². The number of nitrogens with zero attached hydrogens (tertiary/aromatic N) is 3. The fourth-order valence-corrected chi connectivity index (χ4v) is 3.53. The molecule has 0 bridgehead atoms. The second kappa shape index (κ2) is 8.92. The summed E-state index contributed by atoms with van der Waals surface area (Å²) in [4.78, 5) is 40.6. The highest BCUT2D eigenvalue weighted by Crippen LogP contribution is 2.25. The van der Waals surface area contributed by atoms with Crippen molar-refractivity contribution in [2.24, 2.45) is 0 Å². The van der Waals surface area contributed by atoms with E-state index < -0.39 is 5.97 Å². The van der Waals surface area contributed by atoms with Gasteiger partial charge in [-0.3, -0.25) is 4.79 Å². The van der Waals surface area contributed by atoms with Crippen LogP contribution < -0.4 is 0 Å². The molecule has 1 aliphatic rings. The van der Waals surface area contributed by atoms with E-state index in [0.29, 0.717) is 56.2 Å². The number of carbonyl (C=O) groups is 3. The van der Waals surface area contributed by atoms with E-state index in [1.807, 2.05) is 18.4 Å². The van der Waals surface area contributed by atoms with Gasteiger partial charge in [0.15, 0.2) is 0 Å². The fraction of sp³-hybridized carbons (Fsp3) is 0.632. The molecule has 0 radical (unpaired) electrons. The number of hydrogen-bond donors (Lipinski definition) is 0.